The molecule has 104 valence electrons. The fraction of sp³-hybridized carbons (Fsp3) is 0.923. The van der Waals surface area contributed by atoms with Crippen LogP contribution in [0, 0.1) is 5.41 Å². The Balaban J connectivity index is 1.70. The minimum atomic E-state index is -1.02. The second-order valence-corrected chi connectivity index (χ2v) is 7.45. The first-order valence-corrected chi connectivity index (χ1v) is 7.52. The van der Waals surface area contributed by atoms with Gasteiger partial charge in [0.1, 0.15) is 11.3 Å². The molecule has 0 saturated heterocycles. The largest absolute Gasteiger partial charge is 0.444 e. The molecule has 0 bridgehead atoms. The molecule has 3 nitrogen and oxygen atoms in total. The number of halogens is 2. The highest BCUT2D eigenvalue weighted by atomic mass is 79.9. The summed E-state index contributed by atoms with van der Waals surface area (Å²) in [5.41, 5.74) is -1.34. The highest BCUT2D eigenvalue weighted by Gasteiger charge is 2.60. The number of hydrogen-bond donors (Lipinski definition) is 1. The molecule has 2 fully saturated rings. The Bertz CT molecular complexity index is 339. The van der Waals surface area contributed by atoms with Crippen molar-refractivity contribution in [3.05, 3.63) is 0 Å². The number of carbonyl (C=O) groups is 1. The van der Waals surface area contributed by atoms with Crippen LogP contribution in [0.25, 0.3) is 0 Å². The molecule has 1 N–H and O–H groups in total. The van der Waals surface area contributed by atoms with Crippen LogP contribution in [0.5, 0.6) is 0 Å². The van der Waals surface area contributed by atoms with Crippen molar-refractivity contribution < 1.29 is 13.9 Å². The first-order chi connectivity index (χ1) is 8.15. The van der Waals surface area contributed by atoms with Gasteiger partial charge in [0.25, 0.3) is 0 Å². The molecule has 0 aromatic carbocycles. The van der Waals surface area contributed by atoms with Gasteiger partial charge in [-0.05, 0) is 51.9 Å². The molecule has 2 aliphatic rings. The van der Waals surface area contributed by atoms with Gasteiger partial charge in [-0.3, -0.25) is 0 Å². The number of carbonyl (C=O) groups excluding carboxylic acids is 1. The summed E-state index contributed by atoms with van der Waals surface area (Å²) in [6, 6.07) is 0.153. The van der Waals surface area contributed by atoms with E-state index in [9.17, 15) is 9.18 Å². The summed E-state index contributed by atoms with van der Waals surface area (Å²) in [5, 5.41) is 3.27. The van der Waals surface area contributed by atoms with Crippen LogP contribution in [-0.2, 0) is 4.74 Å². The second kappa shape index (κ2) is 4.36. The molecular weight excluding hydrogens is 301 g/mol. The van der Waals surface area contributed by atoms with Crippen LogP contribution >= 0.6 is 15.9 Å². The number of hydrogen-bond acceptors (Lipinski definition) is 2. The average Bonchev–Trinajstić information content (AvgIpc) is 2.08. The molecule has 1 spiro atoms. The molecule has 18 heavy (non-hydrogen) atoms. The molecule has 0 aromatic heterocycles. The highest BCUT2D eigenvalue weighted by Crippen LogP contribution is 2.62. The predicted molar refractivity (Wildman–Crippen MR) is 71.7 cm³/mol. The third-order valence-corrected chi connectivity index (χ3v) is 4.71. The van der Waals surface area contributed by atoms with Gasteiger partial charge in [-0.25, -0.2) is 9.18 Å². The van der Waals surface area contributed by atoms with E-state index in [4.69, 9.17) is 4.74 Å². The molecule has 0 radical (unpaired) electrons. The van der Waals surface area contributed by atoms with E-state index in [0.717, 1.165) is 12.8 Å². The summed E-state index contributed by atoms with van der Waals surface area (Å²) >= 11 is 3.21. The van der Waals surface area contributed by atoms with Crippen molar-refractivity contribution in [2.24, 2.45) is 5.41 Å². The minimum Gasteiger partial charge on any atom is -0.444 e. The molecule has 2 aliphatic carbocycles. The van der Waals surface area contributed by atoms with Crippen LogP contribution < -0.4 is 5.32 Å². The second-order valence-electron chi connectivity index (χ2n) is 6.89. The van der Waals surface area contributed by atoms with Gasteiger partial charge in [0.05, 0.1) is 0 Å². The molecule has 0 heterocycles. The Kier molecular flexibility index (Phi) is 3.41. The summed E-state index contributed by atoms with van der Waals surface area (Å²) in [7, 11) is 0. The van der Waals surface area contributed by atoms with Gasteiger partial charge in [0, 0.05) is 11.4 Å². The zero-order valence-electron chi connectivity index (χ0n) is 11.2. The van der Waals surface area contributed by atoms with Crippen LogP contribution in [-0.4, -0.2) is 28.7 Å². The van der Waals surface area contributed by atoms with E-state index in [1.54, 1.807) is 0 Å². The van der Waals surface area contributed by atoms with Crippen LogP contribution in [0.15, 0.2) is 0 Å². The van der Waals surface area contributed by atoms with E-state index < -0.39 is 11.3 Å². The molecule has 0 unspecified atom stereocenters. The third-order valence-electron chi connectivity index (χ3n) is 3.70. The maximum Gasteiger partial charge on any atom is 0.407 e. The topological polar surface area (TPSA) is 38.3 Å². The number of rotatable bonds is 2. The van der Waals surface area contributed by atoms with E-state index in [1.165, 1.54) is 0 Å². The normalized spacial score (nSPS) is 38.8. The van der Waals surface area contributed by atoms with Gasteiger partial charge in [-0.2, -0.15) is 0 Å². The standard InChI is InChI=1S/C13H21BrFNO2/c1-11(2,3)18-10(17)16-9-4-12(5-9)6-13(15,7-12)8-14/h9H,4-8H2,1-3H3,(H,16,17). The zero-order chi connectivity index (χ0) is 13.6. The lowest BCUT2D eigenvalue weighted by Gasteiger charge is -2.59. The fourth-order valence-electron chi connectivity index (χ4n) is 3.24. The van der Waals surface area contributed by atoms with E-state index in [-0.39, 0.29) is 17.6 Å². The molecular formula is C13H21BrFNO2. The van der Waals surface area contributed by atoms with Crippen molar-refractivity contribution in [3.63, 3.8) is 0 Å². The molecule has 0 aliphatic heterocycles. The van der Waals surface area contributed by atoms with Gasteiger partial charge in [-0.15, -0.1) is 0 Å². The molecule has 0 atom stereocenters. The number of ether oxygens (including phenoxy) is 1. The lowest BCUT2D eigenvalue weighted by molar-refractivity contribution is -0.114. The van der Waals surface area contributed by atoms with Crippen molar-refractivity contribution in [3.8, 4) is 0 Å². The molecule has 1 amide bonds. The van der Waals surface area contributed by atoms with Crippen molar-refractivity contribution in [2.75, 3.05) is 5.33 Å². The third kappa shape index (κ3) is 2.98. The maximum absolute atomic E-state index is 13.8. The lowest BCUT2D eigenvalue weighted by Crippen LogP contribution is -2.61. The fourth-order valence-corrected chi connectivity index (χ4v) is 3.63. The number of nitrogens with one attached hydrogen (secondary N) is 1. The first-order valence-electron chi connectivity index (χ1n) is 6.40. The average molecular weight is 322 g/mol. The number of amides is 1. The van der Waals surface area contributed by atoms with E-state index in [2.05, 4.69) is 21.2 Å². The van der Waals surface area contributed by atoms with Gasteiger partial charge in [0.15, 0.2) is 0 Å². The molecule has 2 rings (SSSR count). The molecule has 5 heteroatoms. The minimum absolute atomic E-state index is 0.141. The van der Waals surface area contributed by atoms with Crippen molar-refractivity contribution in [2.45, 2.75) is 63.8 Å². The summed E-state index contributed by atoms with van der Waals surface area (Å²) in [5.74, 6) is 0. The summed E-state index contributed by atoms with van der Waals surface area (Å²) in [6.45, 7) is 5.52. The van der Waals surface area contributed by atoms with Crippen molar-refractivity contribution in [1.29, 1.82) is 0 Å². The lowest BCUT2D eigenvalue weighted by atomic mass is 9.49. The van der Waals surface area contributed by atoms with Crippen molar-refractivity contribution >= 4 is 22.0 Å². The monoisotopic (exact) mass is 321 g/mol. The summed E-state index contributed by atoms with van der Waals surface area (Å²) in [6.07, 6.45) is 2.64. The van der Waals surface area contributed by atoms with Gasteiger partial charge >= 0.3 is 6.09 Å². The quantitative estimate of drug-likeness (QED) is 0.790. The smallest absolute Gasteiger partial charge is 0.407 e. The first kappa shape index (κ1) is 14.1. The van der Waals surface area contributed by atoms with Crippen LogP contribution in [0.3, 0.4) is 0 Å². The highest BCUT2D eigenvalue weighted by molar-refractivity contribution is 9.09. The van der Waals surface area contributed by atoms with Crippen LogP contribution in [0.4, 0.5) is 9.18 Å². The van der Waals surface area contributed by atoms with Gasteiger partial charge in [0.2, 0.25) is 0 Å². The number of alkyl halides is 2. The summed E-state index contributed by atoms with van der Waals surface area (Å²) < 4.78 is 19.0. The molecule has 2 saturated carbocycles. The Morgan fingerprint density at radius 2 is 2.00 bits per heavy atom. The van der Waals surface area contributed by atoms with Crippen molar-refractivity contribution in [1.82, 2.24) is 5.32 Å². The van der Waals surface area contributed by atoms with Crippen LogP contribution in [0.1, 0.15) is 46.5 Å². The van der Waals surface area contributed by atoms with E-state index >= 15 is 0 Å². The Labute approximate surface area is 116 Å². The Morgan fingerprint density at radius 1 is 1.44 bits per heavy atom. The van der Waals surface area contributed by atoms with E-state index in [1.807, 2.05) is 20.8 Å². The number of alkyl carbamates (subject to hydrolysis) is 1. The predicted octanol–water partition coefficient (Wildman–Crippen LogP) is 3.56. The van der Waals surface area contributed by atoms with E-state index in [0.29, 0.717) is 18.2 Å². The Hall–Kier alpha value is -0.320. The SMILES string of the molecule is CC(C)(C)OC(=O)NC1CC2(C1)CC(F)(CBr)C2. The summed E-state index contributed by atoms with van der Waals surface area (Å²) in [4.78, 5) is 11.5. The Morgan fingerprint density at radius 3 is 2.44 bits per heavy atom. The zero-order valence-corrected chi connectivity index (χ0v) is 12.8. The molecule has 0 aromatic rings. The van der Waals surface area contributed by atoms with Gasteiger partial charge in [-0.1, -0.05) is 15.9 Å². The van der Waals surface area contributed by atoms with Gasteiger partial charge < -0.3 is 10.1 Å². The van der Waals surface area contributed by atoms with Crippen LogP contribution in [0.2, 0.25) is 0 Å². The maximum atomic E-state index is 13.8.